The van der Waals surface area contributed by atoms with Crippen molar-refractivity contribution in [2.75, 3.05) is 0 Å². The van der Waals surface area contributed by atoms with Crippen LogP contribution in [-0.2, 0) is 33.6 Å². The summed E-state index contributed by atoms with van der Waals surface area (Å²) in [5, 5.41) is 31.0. The van der Waals surface area contributed by atoms with E-state index >= 15 is 0 Å². The van der Waals surface area contributed by atoms with E-state index in [-0.39, 0.29) is 36.6 Å². The normalized spacial score (nSPS) is 11.1. The van der Waals surface area contributed by atoms with Crippen molar-refractivity contribution in [2.24, 2.45) is 0 Å². The van der Waals surface area contributed by atoms with Crippen molar-refractivity contribution in [3.63, 3.8) is 0 Å². The van der Waals surface area contributed by atoms with Crippen molar-refractivity contribution in [3.05, 3.63) is 217 Å². The van der Waals surface area contributed by atoms with E-state index in [9.17, 15) is 29.7 Å². The molecule has 0 heterocycles. The number of benzene rings is 6. The van der Waals surface area contributed by atoms with Crippen LogP contribution in [-0.4, -0.2) is 35.3 Å². The second-order valence-corrected chi connectivity index (χ2v) is 26.6. The Morgan fingerprint density at radius 3 is 0.567 bits per heavy atom. The smallest absolute Gasteiger partial charge is 0.550 e. The van der Waals surface area contributed by atoms with E-state index in [4.69, 9.17) is 0 Å². The van der Waals surface area contributed by atoms with Crippen LogP contribution in [0.4, 0.5) is 0 Å². The summed E-state index contributed by atoms with van der Waals surface area (Å²) in [6, 6.07) is 58.9. The number of carboxylic acids is 3. The average Bonchev–Trinajstić information content (AvgIpc) is 1.07. The Hall–Kier alpha value is -6.52. The van der Waals surface area contributed by atoms with Gasteiger partial charge in [-0.2, -0.15) is 0 Å². The Balaban J connectivity index is 0.000000377. The third-order valence-electron chi connectivity index (χ3n) is 18.2. The number of carboxylic acid groups (broad SMARTS) is 3. The molecule has 0 aliphatic carbocycles. The van der Waals surface area contributed by atoms with Crippen molar-refractivity contribution < 1.29 is 29.7 Å². The third kappa shape index (κ3) is 48.0. The van der Waals surface area contributed by atoms with Crippen LogP contribution in [0.5, 0.6) is 0 Å². The van der Waals surface area contributed by atoms with Gasteiger partial charge < -0.3 is 29.7 Å². The third-order valence-corrected chi connectivity index (χ3v) is 18.2. The first-order valence-corrected chi connectivity index (χ1v) is 38.2. The molecule has 6 rings (SSSR count). The van der Waals surface area contributed by atoms with Crippen LogP contribution >= 0.6 is 0 Å². The van der Waals surface area contributed by atoms with Crippen molar-refractivity contribution >= 4 is 35.3 Å². The molecule has 0 aliphatic heterocycles. The Labute approximate surface area is 600 Å². The Kier molecular flexibility index (Phi) is 53.0. The number of aliphatic carboxylic acids is 3. The van der Waals surface area contributed by atoms with Crippen LogP contribution in [0.25, 0.3) is 33.4 Å². The molecule has 6 aromatic carbocycles. The summed E-state index contributed by atoms with van der Waals surface area (Å²) >= 11 is 0. The molecule has 0 bridgehead atoms. The quantitative estimate of drug-likeness (QED) is 0.0213. The fourth-order valence-electron chi connectivity index (χ4n) is 12.3. The van der Waals surface area contributed by atoms with Crippen LogP contribution < -0.4 is 15.3 Å². The van der Waals surface area contributed by atoms with Crippen molar-refractivity contribution in [1.29, 1.82) is 0 Å². The second-order valence-electron chi connectivity index (χ2n) is 26.6. The van der Waals surface area contributed by atoms with E-state index in [1.54, 1.807) is 0 Å². The molecule has 6 aromatic rings. The summed E-state index contributed by atoms with van der Waals surface area (Å²) in [6.07, 6.45) is 65.2. The van der Waals surface area contributed by atoms with Crippen molar-refractivity contribution in [3.8, 4) is 33.4 Å². The van der Waals surface area contributed by atoms with Gasteiger partial charge >= 0.3 is 17.4 Å². The predicted octanol–water partition coefficient (Wildman–Crippen LogP) is 22.6. The summed E-state index contributed by atoms with van der Waals surface area (Å²) in [6.45, 7) is 0. The molecule has 0 amide bonds. The van der Waals surface area contributed by atoms with Gasteiger partial charge in [0.25, 0.3) is 0 Å². The minimum atomic E-state index is -0.919. The molecular formula is C90H123AlO6. The fraction of sp³-hybridized carbons (Fsp3) is 0.500. The van der Waals surface area contributed by atoms with Crippen molar-refractivity contribution in [2.45, 2.75) is 289 Å². The van der Waals surface area contributed by atoms with Gasteiger partial charge in [0.1, 0.15) is 0 Å². The predicted molar refractivity (Wildman–Crippen MR) is 409 cm³/mol. The molecule has 0 fully saturated rings. The molecule has 0 spiro atoms. The maximum absolute atomic E-state index is 10.3. The molecule has 0 N–H and O–H groups in total. The number of unbranched alkanes of at least 4 members (excludes halogenated alkanes) is 33. The van der Waals surface area contributed by atoms with Gasteiger partial charge in [-0.25, -0.2) is 0 Å². The fourth-order valence-corrected chi connectivity index (χ4v) is 12.3. The number of rotatable bonds is 54. The molecule has 0 unspecified atom stereocenters. The van der Waals surface area contributed by atoms with E-state index in [2.05, 4.69) is 200 Å². The summed E-state index contributed by atoms with van der Waals surface area (Å²) in [4.78, 5) is 31.0. The molecule has 0 aromatic heterocycles. The standard InChI is InChI=1S/3C30H42O2.Al/c3*31-30(32)22-18-13-11-9-7-5-3-1-2-4-6-8-10-12-15-19-27-23-25-29(26-24-27)28-20-16-14-17-21-28;/h3*1,3,14,16-17,20-21,23-26H,2,4-13,15,18-19,22H2,(H,31,32);/q;;;+3/p-3/b3*3-1-;. The van der Waals surface area contributed by atoms with Crippen LogP contribution in [0.1, 0.15) is 286 Å². The Morgan fingerprint density at radius 2 is 0.371 bits per heavy atom. The SMILES string of the molecule is O=C([O-])CCCCCCC/C=C\CCCCCCCCc1ccc(-c2ccccc2)cc1.O=C([O-])CCCCCCC/C=C\CCCCCCCCc1ccc(-c2ccccc2)cc1.O=C([O-])CCCCCCC/C=C\CCCCCCCCc1ccc(-c2ccccc2)cc1.[Al+3]. The summed E-state index contributed by atoms with van der Waals surface area (Å²) in [5.74, 6) is -2.76. The first-order valence-electron chi connectivity index (χ1n) is 38.2. The van der Waals surface area contributed by atoms with Crippen LogP contribution in [0.15, 0.2) is 200 Å². The monoisotopic (exact) mass is 1330 g/mol. The van der Waals surface area contributed by atoms with Gasteiger partial charge in [-0.15, -0.1) is 0 Å². The van der Waals surface area contributed by atoms with Gasteiger partial charge in [-0.1, -0.05) is 335 Å². The van der Waals surface area contributed by atoms with Gasteiger partial charge in [0.2, 0.25) is 0 Å². The minimum absolute atomic E-state index is 0. The van der Waals surface area contributed by atoms with Gasteiger partial charge in [-0.05, 0) is 204 Å². The van der Waals surface area contributed by atoms with E-state index in [1.165, 1.54) is 243 Å². The van der Waals surface area contributed by atoms with E-state index < -0.39 is 17.9 Å². The first-order chi connectivity index (χ1) is 47.3. The maximum Gasteiger partial charge on any atom is 3.00 e. The van der Waals surface area contributed by atoms with E-state index in [0.717, 1.165) is 77.0 Å². The summed E-state index contributed by atoms with van der Waals surface area (Å²) in [5.41, 5.74) is 12.1. The van der Waals surface area contributed by atoms with Crippen LogP contribution in [0.2, 0.25) is 0 Å². The molecule has 6 nitrogen and oxygen atoms in total. The zero-order chi connectivity index (χ0) is 68.1. The Morgan fingerprint density at radius 1 is 0.206 bits per heavy atom. The largest absolute Gasteiger partial charge is 3.00 e. The van der Waals surface area contributed by atoms with E-state index in [1.807, 2.05) is 0 Å². The van der Waals surface area contributed by atoms with Gasteiger partial charge in [-0.3, -0.25) is 0 Å². The average molecular weight is 1330 g/mol. The molecule has 0 atom stereocenters. The molecule has 522 valence electrons. The molecule has 0 aliphatic rings. The number of carbonyl (C=O) groups excluding carboxylic acids is 3. The molecule has 0 radical (unpaired) electrons. The second kappa shape index (κ2) is 60.6. The maximum atomic E-state index is 10.3. The van der Waals surface area contributed by atoms with Crippen molar-refractivity contribution in [1.82, 2.24) is 0 Å². The summed E-state index contributed by atoms with van der Waals surface area (Å²) < 4.78 is 0. The number of allylic oxidation sites excluding steroid dienone is 6. The first kappa shape index (κ1) is 84.7. The van der Waals surface area contributed by atoms with Gasteiger partial charge in [0.15, 0.2) is 0 Å². The molecule has 0 saturated carbocycles. The number of hydrogen-bond acceptors (Lipinski definition) is 6. The molecule has 97 heavy (non-hydrogen) atoms. The Bertz CT molecular complexity index is 2560. The number of hydrogen-bond donors (Lipinski definition) is 0. The minimum Gasteiger partial charge on any atom is -0.550 e. The summed E-state index contributed by atoms with van der Waals surface area (Å²) in [7, 11) is 0. The zero-order valence-corrected chi connectivity index (χ0v) is 61.1. The molecular weight excluding hydrogens is 1200 g/mol. The van der Waals surface area contributed by atoms with Gasteiger partial charge in [0, 0.05) is 17.9 Å². The van der Waals surface area contributed by atoms with Gasteiger partial charge in [0.05, 0.1) is 0 Å². The van der Waals surface area contributed by atoms with Crippen LogP contribution in [0.3, 0.4) is 0 Å². The number of aryl methyl sites for hydroxylation is 3. The van der Waals surface area contributed by atoms with Crippen LogP contribution in [0, 0.1) is 0 Å². The topological polar surface area (TPSA) is 120 Å². The molecule has 7 heteroatoms. The number of carbonyl (C=O) groups is 3. The van der Waals surface area contributed by atoms with E-state index in [0.29, 0.717) is 0 Å². The molecule has 0 saturated heterocycles. The zero-order valence-electron chi connectivity index (χ0n) is 59.9.